The van der Waals surface area contributed by atoms with Gasteiger partial charge in [-0.3, -0.25) is 4.79 Å². The number of hydrogen-bond donors (Lipinski definition) is 1. The van der Waals surface area contributed by atoms with E-state index in [1.165, 1.54) is 0 Å². The lowest BCUT2D eigenvalue weighted by Gasteiger charge is -2.29. The summed E-state index contributed by atoms with van der Waals surface area (Å²) in [6, 6.07) is 0.347. The molecule has 1 N–H and O–H groups in total. The fraction of sp³-hybridized carbons (Fsp3) is 0.778. The lowest BCUT2D eigenvalue weighted by atomic mass is 9.93. The summed E-state index contributed by atoms with van der Waals surface area (Å²) in [5, 5.41) is 2.78. The van der Waals surface area contributed by atoms with Crippen LogP contribution < -0.4 is 5.32 Å². The van der Waals surface area contributed by atoms with Gasteiger partial charge in [0, 0.05) is 32.0 Å². The van der Waals surface area contributed by atoms with E-state index in [0.29, 0.717) is 24.7 Å². The van der Waals surface area contributed by atoms with Crippen LogP contribution in [0.3, 0.4) is 0 Å². The van der Waals surface area contributed by atoms with E-state index < -0.39 is 0 Å². The third-order valence-electron chi connectivity index (χ3n) is 2.84. The molecule has 1 saturated carbocycles. The number of ketones is 1. The molecule has 4 heteroatoms. The molecule has 0 aromatic rings. The number of rotatable bonds is 1. The van der Waals surface area contributed by atoms with Crippen LogP contribution in [0.4, 0.5) is 4.79 Å². The average molecular weight is 182 g/mol. The topological polar surface area (TPSA) is 49.4 Å². The lowest BCUT2D eigenvalue weighted by Crippen LogP contribution is -2.40. The molecule has 13 heavy (non-hydrogen) atoms. The summed E-state index contributed by atoms with van der Waals surface area (Å²) < 4.78 is 0. The van der Waals surface area contributed by atoms with Crippen molar-refractivity contribution in [3.63, 3.8) is 0 Å². The number of hydrogen-bond acceptors (Lipinski definition) is 2. The minimum absolute atomic E-state index is 0.0411. The van der Waals surface area contributed by atoms with Gasteiger partial charge in [0.1, 0.15) is 5.78 Å². The van der Waals surface area contributed by atoms with Gasteiger partial charge in [-0.2, -0.15) is 0 Å². The van der Waals surface area contributed by atoms with Crippen LogP contribution in [0.5, 0.6) is 0 Å². The zero-order valence-electron chi connectivity index (χ0n) is 7.58. The van der Waals surface area contributed by atoms with Crippen molar-refractivity contribution in [2.45, 2.75) is 31.7 Å². The first kappa shape index (κ1) is 8.53. The molecule has 1 saturated heterocycles. The SMILES string of the molecule is O=C1CCC(N2CCNC2=O)CC1. The molecule has 2 amide bonds. The van der Waals surface area contributed by atoms with E-state index in [9.17, 15) is 9.59 Å². The number of urea groups is 1. The van der Waals surface area contributed by atoms with Crippen LogP contribution in [-0.4, -0.2) is 35.8 Å². The standard InChI is InChI=1S/C9H14N2O2/c12-8-3-1-7(2-4-8)11-6-5-10-9(11)13/h7H,1-6H2,(H,10,13). The summed E-state index contributed by atoms with van der Waals surface area (Å²) >= 11 is 0. The molecule has 1 aliphatic carbocycles. The Bertz CT molecular complexity index is 230. The molecular weight excluding hydrogens is 168 g/mol. The van der Waals surface area contributed by atoms with E-state index in [-0.39, 0.29) is 6.03 Å². The lowest BCUT2D eigenvalue weighted by molar-refractivity contribution is -0.121. The Morgan fingerprint density at radius 3 is 2.46 bits per heavy atom. The monoisotopic (exact) mass is 182 g/mol. The summed E-state index contributed by atoms with van der Waals surface area (Å²) in [5.41, 5.74) is 0. The minimum atomic E-state index is 0.0411. The molecule has 0 radical (unpaired) electrons. The summed E-state index contributed by atoms with van der Waals surface area (Å²) in [5.74, 6) is 0.343. The van der Waals surface area contributed by atoms with Gasteiger partial charge in [0.05, 0.1) is 0 Å². The number of Topliss-reactive ketones (excluding diaryl/α,β-unsaturated/α-hetero) is 1. The number of amides is 2. The molecule has 0 spiro atoms. The van der Waals surface area contributed by atoms with E-state index in [4.69, 9.17) is 0 Å². The Hall–Kier alpha value is -1.06. The van der Waals surface area contributed by atoms with E-state index in [1.807, 2.05) is 4.90 Å². The first-order valence-corrected chi connectivity index (χ1v) is 4.83. The predicted octanol–water partition coefficient (Wildman–Crippen LogP) is 0.523. The second kappa shape index (κ2) is 3.36. The molecule has 72 valence electrons. The van der Waals surface area contributed by atoms with Gasteiger partial charge in [0.2, 0.25) is 0 Å². The Balaban J connectivity index is 1.93. The van der Waals surface area contributed by atoms with Gasteiger partial charge in [-0.25, -0.2) is 4.79 Å². The van der Waals surface area contributed by atoms with Crippen LogP contribution in [0, 0.1) is 0 Å². The van der Waals surface area contributed by atoms with Crippen LogP contribution in [0.25, 0.3) is 0 Å². The van der Waals surface area contributed by atoms with E-state index in [0.717, 1.165) is 25.9 Å². The van der Waals surface area contributed by atoms with Crippen molar-refractivity contribution in [2.75, 3.05) is 13.1 Å². The minimum Gasteiger partial charge on any atom is -0.336 e. The Labute approximate surface area is 77.3 Å². The highest BCUT2D eigenvalue weighted by molar-refractivity contribution is 5.80. The van der Waals surface area contributed by atoms with Crippen LogP contribution in [0.15, 0.2) is 0 Å². The largest absolute Gasteiger partial charge is 0.336 e. The van der Waals surface area contributed by atoms with E-state index in [1.54, 1.807) is 0 Å². The fourth-order valence-corrected chi connectivity index (χ4v) is 2.07. The maximum atomic E-state index is 11.3. The van der Waals surface area contributed by atoms with Crippen LogP contribution in [0.1, 0.15) is 25.7 Å². The van der Waals surface area contributed by atoms with Crippen molar-refractivity contribution < 1.29 is 9.59 Å². The van der Waals surface area contributed by atoms with Gasteiger partial charge in [-0.15, -0.1) is 0 Å². The highest BCUT2D eigenvalue weighted by Crippen LogP contribution is 2.21. The number of carbonyl (C=O) groups is 2. The van der Waals surface area contributed by atoms with Gasteiger partial charge in [-0.1, -0.05) is 0 Å². The molecule has 1 heterocycles. The highest BCUT2D eigenvalue weighted by atomic mass is 16.2. The van der Waals surface area contributed by atoms with Crippen molar-refractivity contribution in [2.24, 2.45) is 0 Å². The van der Waals surface area contributed by atoms with E-state index in [2.05, 4.69) is 5.32 Å². The molecule has 2 rings (SSSR count). The molecular formula is C9H14N2O2. The first-order valence-electron chi connectivity index (χ1n) is 4.83. The second-order valence-electron chi connectivity index (χ2n) is 3.70. The van der Waals surface area contributed by atoms with Crippen LogP contribution in [-0.2, 0) is 4.79 Å². The zero-order chi connectivity index (χ0) is 9.26. The zero-order valence-corrected chi connectivity index (χ0v) is 7.58. The maximum absolute atomic E-state index is 11.3. The quantitative estimate of drug-likeness (QED) is 0.642. The fourth-order valence-electron chi connectivity index (χ4n) is 2.07. The Morgan fingerprint density at radius 2 is 1.92 bits per heavy atom. The number of nitrogens with zero attached hydrogens (tertiary/aromatic N) is 1. The second-order valence-corrected chi connectivity index (χ2v) is 3.70. The summed E-state index contributed by atoms with van der Waals surface area (Å²) in [4.78, 5) is 24.1. The average Bonchev–Trinajstić information content (AvgIpc) is 2.53. The normalized spacial score (nSPS) is 25.1. The Morgan fingerprint density at radius 1 is 1.23 bits per heavy atom. The van der Waals surface area contributed by atoms with Crippen molar-refractivity contribution >= 4 is 11.8 Å². The van der Waals surface area contributed by atoms with Gasteiger partial charge in [0.25, 0.3) is 0 Å². The summed E-state index contributed by atoms with van der Waals surface area (Å²) in [7, 11) is 0. The third kappa shape index (κ3) is 1.66. The molecule has 4 nitrogen and oxygen atoms in total. The predicted molar refractivity (Wildman–Crippen MR) is 47.4 cm³/mol. The molecule has 0 unspecified atom stereocenters. The van der Waals surface area contributed by atoms with Crippen molar-refractivity contribution in [3.05, 3.63) is 0 Å². The van der Waals surface area contributed by atoms with Gasteiger partial charge >= 0.3 is 6.03 Å². The third-order valence-corrected chi connectivity index (χ3v) is 2.84. The summed E-state index contributed by atoms with van der Waals surface area (Å²) in [6.45, 7) is 1.56. The Kier molecular flexibility index (Phi) is 2.20. The molecule has 0 bridgehead atoms. The van der Waals surface area contributed by atoms with E-state index >= 15 is 0 Å². The van der Waals surface area contributed by atoms with Crippen molar-refractivity contribution in [3.8, 4) is 0 Å². The van der Waals surface area contributed by atoms with Crippen LogP contribution in [0.2, 0.25) is 0 Å². The van der Waals surface area contributed by atoms with Gasteiger partial charge in [0.15, 0.2) is 0 Å². The van der Waals surface area contributed by atoms with Crippen LogP contribution >= 0.6 is 0 Å². The number of nitrogens with one attached hydrogen (secondary N) is 1. The van der Waals surface area contributed by atoms with Gasteiger partial charge in [-0.05, 0) is 12.8 Å². The highest BCUT2D eigenvalue weighted by Gasteiger charge is 2.30. The summed E-state index contributed by atoms with van der Waals surface area (Å²) in [6.07, 6.45) is 3.00. The molecule has 0 atom stereocenters. The molecule has 0 aromatic carbocycles. The smallest absolute Gasteiger partial charge is 0.317 e. The van der Waals surface area contributed by atoms with Gasteiger partial charge < -0.3 is 10.2 Å². The molecule has 2 aliphatic rings. The molecule has 1 aliphatic heterocycles. The maximum Gasteiger partial charge on any atom is 0.317 e. The first-order chi connectivity index (χ1) is 6.27. The van der Waals surface area contributed by atoms with Crippen molar-refractivity contribution in [1.82, 2.24) is 10.2 Å². The van der Waals surface area contributed by atoms with Crippen molar-refractivity contribution in [1.29, 1.82) is 0 Å². The molecule has 2 fully saturated rings. The molecule has 0 aromatic heterocycles. The number of carbonyl (C=O) groups excluding carboxylic acids is 2.